The first-order valence-electron chi connectivity index (χ1n) is 11.1. The number of nitrogens with zero attached hydrogens (tertiary/aromatic N) is 4. The number of carbonyl (C=O) groups is 1. The van der Waals surface area contributed by atoms with Gasteiger partial charge >= 0.3 is 0 Å². The number of fused-ring (bicyclic) bond motifs is 1. The van der Waals surface area contributed by atoms with E-state index >= 15 is 0 Å². The highest BCUT2D eigenvalue weighted by Crippen LogP contribution is 2.40. The molecule has 1 amide bonds. The maximum atomic E-state index is 13.5. The third kappa shape index (κ3) is 3.52. The number of likely N-dealkylation sites (tertiary alicyclic amines) is 1. The first-order valence-corrected chi connectivity index (χ1v) is 11.1. The highest BCUT2D eigenvalue weighted by atomic mass is 16.5. The molecule has 1 aliphatic carbocycles. The molecule has 7 nitrogen and oxygen atoms in total. The summed E-state index contributed by atoms with van der Waals surface area (Å²) in [6.45, 7) is 0.712. The van der Waals surface area contributed by atoms with Crippen molar-refractivity contribution in [3.8, 4) is 11.5 Å². The van der Waals surface area contributed by atoms with Crippen LogP contribution in [0, 0.1) is 0 Å². The topological polar surface area (TPSA) is 69.5 Å². The number of benzene rings is 1. The monoisotopic (exact) mass is 420 g/mol. The van der Waals surface area contributed by atoms with E-state index in [4.69, 9.17) is 9.47 Å². The van der Waals surface area contributed by atoms with E-state index in [0.717, 1.165) is 53.8 Å². The summed E-state index contributed by atoms with van der Waals surface area (Å²) in [5.41, 5.74) is 2.46. The van der Waals surface area contributed by atoms with Crippen LogP contribution in [0.15, 0.2) is 36.7 Å². The molecule has 1 atom stereocenters. The molecule has 3 aromatic rings. The number of methoxy groups -OCH3 is 2. The summed E-state index contributed by atoms with van der Waals surface area (Å²) < 4.78 is 13.0. The molecule has 3 heterocycles. The number of amides is 1. The Morgan fingerprint density at radius 2 is 1.87 bits per heavy atom. The second-order valence-corrected chi connectivity index (χ2v) is 8.43. The normalized spacial score (nSPS) is 19.3. The summed E-state index contributed by atoms with van der Waals surface area (Å²) in [4.78, 5) is 20.1. The molecular formula is C24H28N4O3. The van der Waals surface area contributed by atoms with E-state index in [0.29, 0.717) is 18.2 Å². The summed E-state index contributed by atoms with van der Waals surface area (Å²) in [5.74, 6) is 1.53. The molecule has 162 valence electrons. The summed E-state index contributed by atoms with van der Waals surface area (Å²) in [6, 6.07) is 8.07. The van der Waals surface area contributed by atoms with Gasteiger partial charge in [0.05, 0.1) is 38.1 Å². The minimum atomic E-state index is -0.0468. The molecule has 2 fully saturated rings. The first-order chi connectivity index (χ1) is 15.2. The minimum Gasteiger partial charge on any atom is -0.497 e. The Bertz CT molecular complexity index is 1100. The summed E-state index contributed by atoms with van der Waals surface area (Å²) in [7, 11) is 3.31. The van der Waals surface area contributed by atoms with Crippen LogP contribution in [0.25, 0.3) is 11.0 Å². The molecule has 1 saturated carbocycles. The third-order valence-corrected chi connectivity index (χ3v) is 6.66. The molecule has 0 bridgehead atoms. The lowest BCUT2D eigenvalue weighted by atomic mass is 10.0. The maximum Gasteiger partial charge on any atom is 0.255 e. The van der Waals surface area contributed by atoms with Crippen molar-refractivity contribution in [2.24, 2.45) is 0 Å². The van der Waals surface area contributed by atoms with Gasteiger partial charge in [-0.25, -0.2) is 9.67 Å². The smallest absolute Gasteiger partial charge is 0.255 e. The molecule has 2 aromatic heterocycles. The minimum absolute atomic E-state index is 0.00427. The number of pyridine rings is 1. The Morgan fingerprint density at radius 3 is 2.65 bits per heavy atom. The molecule has 1 aliphatic heterocycles. The van der Waals surface area contributed by atoms with Crippen LogP contribution in [0.2, 0.25) is 0 Å². The Hall–Kier alpha value is -3.09. The molecule has 1 aromatic carbocycles. The van der Waals surface area contributed by atoms with Crippen LogP contribution in [0.5, 0.6) is 11.5 Å². The van der Waals surface area contributed by atoms with Crippen LogP contribution >= 0.6 is 0 Å². The van der Waals surface area contributed by atoms with Crippen LogP contribution in [0.3, 0.4) is 0 Å². The molecule has 5 rings (SSSR count). The number of ether oxygens (including phenoxy) is 2. The fraction of sp³-hybridized carbons (Fsp3) is 0.458. The zero-order valence-corrected chi connectivity index (χ0v) is 18.1. The number of rotatable bonds is 5. The van der Waals surface area contributed by atoms with Crippen molar-refractivity contribution in [3.63, 3.8) is 0 Å². The average Bonchev–Trinajstić information content (AvgIpc) is 3.57. The van der Waals surface area contributed by atoms with Crippen molar-refractivity contribution in [2.45, 2.75) is 50.6 Å². The Morgan fingerprint density at radius 1 is 1.03 bits per heavy atom. The van der Waals surface area contributed by atoms with E-state index in [1.807, 2.05) is 40.0 Å². The van der Waals surface area contributed by atoms with Crippen LogP contribution in [0.4, 0.5) is 0 Å². The average molecular weight is 421 g/mol. The lowest BCUT2D eigenvalue weighted by Crippen LogP contribution is -2.30. The van der Waals surface area contributed by atoms with Gasteiger partial charge < -0.3 is 14.4 Å². The number of carbonyl (C=O) groups excluding carboxylic acids is 1. The predicted octanol–water partition coefficient (Wildman–Crippen LogP) is 4.54. The lowest BCUT2D eigenvalue weighted by molar-refractivity contribution is 0.0733. The van der Waals surface area contributed by atoms with Crippen molar-refractivity contribution in [1.29, 1.82) is 0 Å². The van der Waals surface area contributed by atoms with Crippen LogP contribution in [-0.2, 0) is 0 Å². The predicted molar refractivity (Wildman–Crippen MR) is 118 cm³/mol. The van der Waals surface area contributed by atoms with Gasteiger partial charge in [0.25, 0.3) is 5.91 Å². The zero-order chi connectivity index (χ0) is 21.4. The maximum absolute atomic E-state index is 13.5. The Labute approximate surface area is 182 Å². The van der Waals surface area contributed by atoms with Gasteiger partial charge in [0.15, 0.2) is 5.65 Å². The molecule has 0 spiro atoms. The second-order valence-electron chi connectivity index (χ2n) is 8.43. The number of hydrogen-bond acceptors (Lipinski definition) is 5. The highest BCUT2D eigenvalue weighted by Gasteiger charge is 2.33. The van der Waals surface area contributed by atoms with Gasteiger partial charge in [-0.1, -0.05) is 12.8 Å². The van der Waals surface area contributed by atoms with E-state index in [-0.39, 0.29) is 11.9 Å². The van der Waals surface area contributed by atoms with E-state index in [9.17, 15) is 4.79 Å². The lowest BCUT2D eigenvalue weighted by Gasteiger charge is -2.26. The van der Waals surface area contributed by atoms with E-state index < -0.39 is 0 Å². The van der Waals surface area contributed by atoms with E-state index in [1.165, 1.54) is 12.8 Å². The summed E-state index contributed by atoms with van der Waals surface area (Å²) in [5, 5.41) is 5.50. The van der Waals surface area contributed by atoms with Crippen molar-refractivity contribution >= 4 is 16.9 Å². The standard InChI is InChI=1S/C24H28N4O3/c1-30-19-9-10-22(31-2)20(13-19)21-8-5-11-27(21)24(29)17-12-16-15-26-28(23(16)25-14-17)18-6-3-4-7-18/h9-10,12-15,18,21H,3-8,11H2,1-2H3/t21-/m1/s1. The Balaban J connectivity index is 1.45. The van der Waals surface area contributed by atoms with Crippen LogP contribution in [0.1, 0.15) is 66.5 Å². The van der Waals surface area contributed by atoms with E-state index in [2.05, 4.69) is 10.1 Å². The number of hydrogen-bond donors (Lipinski definition) is 0. The fourth-order valence-electron chi connectivity index (χ4n) is 5.07. The first kappa shape index (κ1) is 19.8. The molecule has 0 N–H and O–H groups in total. The number of aromatic nitrogens is 3. The van der Waals surface area contributed by atoms with Crippen molar-refractivity contribution < 1.29 is 14.3 Å². The summed E-state index contributed by atoms with van der Waals surface area (Å²) in [6.07, 6.45) is 10.2. The zero-order valence-electron chi connectivity index (χ0n) is 18.1. The SMILES string of the molecule is COc1ccc(OC)c([C@H]2CCCN2C(=O)c2cnc3c(cnn3C3CCCC3)c2)c1. The third-order valence-electron chi connectivity index (χ3n) is 6.66. The molecule has 0 unspecified atom stereocenters. The molecular weight excluding hydrogens is 392 g/mol. The second kappa shape index (κ2) is 8.21. The molecule has 7 heteroatoms. The molecule has 1 saturated heterocycles. The molecule has 31 heavy (non-hydrogen) atoms. The molecule has 2 aliphatic rings. The van der Waals surface area contributed by atoms with Gasteiger partial charge in [-0.05, 0) is 49.9 Å². The summed E-state index contributed by atoms with van der Waals surface area (Å²) >= 11 is 0. The van der Waals surface area contributed by atoms with Gasteiger partial charge in [0.1, 0.15) is 11.5 Å². The fourth-order valence-corrected chi connectivity index (χ4v) is 5.07. The van der Waals surface area contributed by atoms with Gasteiger partial charge in [0, 0.05) is 23.7 Å². The Kier molecular flexibility index (Phi) is 5.26. The van der Waals surface area contributed by atoms with Crippen molar-refractivity contribution in [1.82, 2.24) is 19.7 Å². The quantitative estimate of drug-likeness (QED) is 0.606. The van der Waals surface area contributed by atoms with Crippen molar-refractivity contribution in [2.75, 3.05) is 20.8 Å². The van der Waals surface area contributed by atoms with Crippen LogP contribution in [-0.4, -0.2) is 46.3 Å². The van der Waals surface area contributed by atoms with Crippen LogP contribution < -0.4 is 9.47 Å². The van der Waals surface area contributed by atoms with Gasteiger partial charge in [0.2, 0.25) is 0 Å². The highest BCUT2D eigenvalue weighted by molar-refractivity contribution is 5.97. The van der Waals surface area contributed by atoms with Crippen molar-refractivity contribution in [3.05, 3.63) is 47.8 Å². The van der Waals surface area contributed by atoms with Gasteiger partial charge in [-0.2, -0.15) is 5.10 Å². The van der Waals surface area contributed by atoms with E-state index in [1.54, 1.807) is 20.4 Å². The van der Waals surface area contributed by atoms with Gasteiger partial charge in [-0.3, -0.25) is 4.79 Å². The molecule has 0 radical (unpaired) electrons. The van der Waals surface area contributed by atoms with Gasteiger partial charge in [-0.15, -0.1) is 0 Å². The largest absolute Gasteiger partial charge is 0.497 e.